The predicted octanol–water partition coefficient (Wildman–Crippen LogP) is 3.38. The minimum Gasteiger partial charge on any atom is -0.321 e. The zero-order valence-electron chi connectivity index (χ0n) is 12.2. The molecule has 4 nitrogen and oxygen atoms in total. The van der Waals surface area contributed by atoms with Gasteiger partial charge < -0.3 is 10.6 Å². The molecule has 0 bridgehead atoms. The van der Waals surface area contributed by atoms with E-state index in [4.69, 9.17) is 23.2 Å². The summed E-state index contributed by atoms with van der Waals surface area (Å²) in [5, 5.41) is 6.74. The normalized spacial score (nSPS) is 16.4. The van der Waals surface area contributed by atoms with Crippen LogP contribution in [0.1, 0.15) is 11.1 Å². The van der Waals surface area contributed by atoms with Crippen LogP contribution in [-0.2, 0) is 9.59 Å². The Kier molecular flexibility index (Phi) is 3.44. The molecule has 2 aliphatic rings. The lowest BCUT2D eigenvalue weighted by Gasteiger charge is -2.07. The second-order valence-corrected chi connectivity index (χ2v) is 6.29. The molecular formula is C18H10Cl2N2O2. The van der Waals surface area contributed by atoms with Gasteiger partial charge in [-0.15, -0.1) is 0 Å². The average molecular weight is 357 g/mol. The average Bonchev–Trinajstić information content (AvgIpc) is 3.08. The first kappa shape index (κ1) is 15.0. The van der Waals surface area contributed by atoms with Crippen LogP contribution < -0.4 is 10.6 Å². The fraction of sp³-hybridized carbons (Fsp3) is 0. The first-order valence-electron chi connectivity index (χ1n) is 7.18. The smallest absolute Gasteiger partial charge is 0.258 e. The topological polar surface area (TPSA) is 58.2 Å². The molecule has 0 atom stereocenters. The molecule has 0 saturated heterocycles. The summed E-state index contributed by atoms with van der Waals surface area (Å²) in [5.74, 6) is -0.614. The molecule has 0 spiro atoms. The lowest BCUT2D eigenvalue weighted by Crippen LogP contribution is -2.21. The van der Waals surface area contributed by atoms with E-state index in [1.54, 1.807) is 48.5 Å². The third-order valence-corrected chi connectivity index (χ3v) is 4.45. The molecule has 24 heavy (non-hydrogen) atoms. The van der Waals surface area contributed by atoms with Gasteiger partial charge in [-0.25, -0.2) is 0 Å². The van der Waals surface area contributed by atoms with E-state index in [9.17, 15) is 9.59 Å². The Morgan fingerprint density at radius 1 is 0.583 bits per heavy atom. The number of amides is 2. The van der Waals surface area contributed by atoms with Crippen molar-refractivity contribution in [1.29, 1.82) is 0 Å². The lowest BCUT2D eigenvalue weighted by atomic mass is 10.0. The highest BCUT2D eigenvalue weighted by Crippen LogP contribution is 2.37. The van der Waals surface area contributed by atoms with E-state index >= 15 is 0 Å². The Balaban J connectivity index is 1.88. The second-order valence-electron chi connectivity index (χ2n) is 5.42. The van der Waals surface area contributed by atoms with Crippen molar-refractivity contribution in [1.82, 2.24) is 10.6 Å². The van der Waals surface area contributed by atoms with Crippen LogP contribution in [0.2, 0.25) is 10.0 Å². The number of hydrogen-bond donors (Lipinski definition) is 2. The molecule has 0 fully saturated rings. The van der Waals surface area contributed by atoms with E-state index in [-0.39, 0.29) is 11.8 Å². The molecule has 0 saturated carbocycles. The molecule has 2 N–H and O–H groups in total. The highest BCUT2D eigenvalue weighted by atomic mass is 35.5. The molecule has 2 heterocycles. The monoisotopic (exact) mass is 356 g/mol. The van der Waals surface area contributed by atoms with Gasteiger partial charge in [-0.2, -0.15) is 0 Å². The van der Waals surface area contributed by atoms with Crippen LogP contribution in [0.4, 0.5) is 0 Å². The quantitative estimate of drug-likeness (QED) is 0.866. The van der Waals surface area contributed by atoms with Crippen LogP contribution in [0.5, 0.6) is 0 Å². The van der Waals surface area contributed by atoms with Crippen molar-refractivity contribution in [3.05, 3.63) is 80.8 Å². The molecule has 0 aliphatic carbocycles. The zero-order valence-corrected chi connectivity index (χ0v) is 13.7. The molecule has 0 radical (unpaired) electrons. The summed E-state index contributed by atoms with van der Waals surface area (Å²) in [6.07, 6.45) is 0. The summed E-state index contributed by atoms with van der Waals surface area (Å²) in [5.41, 5.74) is 3.15. The molecule has 118 valence electrons. The molecule has 2 aliphatic heterocycles. The van der Waals surface area contributed by atoms with Crippen molar-refractivity contribution < 1.29 is 9.59 Å². The molecule has 6 heteroatoms. The van der Waals surface area contributed by atoms with Crippen LogP contribution in [0, 0.1) is 0 Å². The zero-order chi connectivity index (χ0) is 16.8. The van der Waals surface area contributed by atoms with E-state index < -0.39 is 0 Å². The number of carbonyl (C=O) groups excluding carboxylic acids is 2. The van der Waals surface area contributed by atoms with Gasteiger partial charge in [0.05, 0.1) is 22.5 Å². The van der Waals surface area contributed by atoms with E-state index in [2.05, 4.69) is 10.6 Å². The maximum atomic E-state index is 12.4. The number of benzene rings is 2. The van der Waals surface area contributed by atoms with E-state index in [0.29, 0.717) is 32.6 Å². The number of nitrogens with one attached hydrogen (secondary N) is 2. The third-order valence-electron chi connectivity index (χ3n) is 3.95. The van der Waals surface area contributed by atoms with Gasteiger partial charge in [0, 0.05) is 10.0 Å². The van der Waals surface area contributed by atoms with Crippen molar-refractivity contribution in [2.75, 3.05) is 0 Å². The van der Waals surface area contributed by atoms with Crippen molar-refractivity contribution in [2.24, 2.45) is 0 Å². The molecule has 0 unspecified atom stereocenters. The minimum absolute atomic E-state index is 0.307. The van der Waals surface area contributed by atoms with Gasteiger partial charge in [0.15, 0.2) is 0 Å². The summed E-state index contributed by atoms with van der Waals surface area (Å²) < 4.78 is 0. The second kappa shape index (κ2) is 5.51. The molecule has 2 amide bonds. The first-order chi connectivity index (χ1) is 11.5. The van der Waals surface area contributed by atoms with Gasteiger partial charge in [0.25, 0.3) is 11.8 Å². The first-order valence-corrected chi connectivity index (χ1v) is 7.93. The summed E-state index contributed by atoms with van der Waals surface area (Å²) in [6.45, 7) is 0. The van der Waals surface area contributed by atoms with E-state index in [0.717, 1.165) is 11.1 Å². The number of halogens is 2. The Morgan fingerprint density at radius 3 is 1.25 bits per heavy atom. The Hall–Kier alpha value is -2.56. The van der Waals surface area contributed by atoms with E-state index in [1.807, 2.05) is 0 Å². The Morgan fingerprint density at radius 2 is 0.917 bits per heavy atom. The van der Waals surface area contributed by atoms with Gasteiger partial charge in [-0.05, 0) is 35.4 Å². The summed E-state index contributed by atoms with van der Waals surface area (Å²) >= 11 is 11.8. The number of rotatable bonds is 2. The standard InChI is InChI=1S/C18H10Cl2N2O2/c19-11-5-1-9(2-6-11)15-13-14(18(24)21-15)16(22-17(13)23)10-3-7-12(20)8-4-10/h1-8H,(H,21,24)(H,22,23). The van der Waals surface area contributed by atoms with Gasteiger partial charge in [-0.1, -0.05) is 47.5 Å². The van der Waals surface area contributed by atoms with E-state index in [1.165, 1.54) is 0 Å². The molecule has 2 aromatic carbocycles. The summed E-state index contributed by atoms with van der Waals surface area (Å²) in [6, 6.07) is 13.9. The Bertz CT molecular complexity index is 862. The molecule has 0 aromatic heterocycles. The van der Waals surface area contributed by atoms with Crippen molar-refractivity contribution in [3.63, 3.8) is 0 Å². The van der Waals surface area contributed by atoms with Gasteiger partial charge in [0.1, 0.15) is 0 Å². The van der Waals surface area contributed by atoms with Crippen LogP contribution >= 0.6 is 23.2 Å². The summed E-state index contributed by atoms with van der Waals surface area (Å²) in [4.78, 5) is 24.9. The van der Waals surface area contributed by atoms with Gasteiger partial charge in [0.2, 0.25) is 0 Å². The fourth-order valence-electron chi connectivity index (χ4n) is 2.85. The maximum absolute atomic E-state index is 12.4. The lowest BCUT2D eigenvalue weighted by molar-refractivity contribution is -0.117. The minimum atomic E-state index is -0.307. The SMILES string of the molecule is O=C1NC(c2ccc(Cl)cc2)=C2C(=O)NC(c3ccc(Cl)cc3)=C12. The number of hydrogen-bond acceptors (Lipinski definition) is 2. The number of carbonyl (C=O) groups is 2. The fourth-order valence-corrected chi connectivity index (χ4v) is 3.10. The highest BCUT2D eigenvalue weighted by molar-refractivity contribution is 6.32. The van der Waals surface area contributed by atoms with Crippen molar-refractivity contribution >= 4 is 46.4 Å². The molecule has 4 rings (SSSR count). The van der Waals surface area contributed by atoms with Gasteiger partial charge >= 0.3 is 0 Å². The van der Waals surface area contributed by atoms with Crippen molar-refractivity contribution in [2.45, 2.75) is 0 Å². The maximum Gasteiger partial charge on any atom is 0.258 e. The highest BCUT2D eigenvalue weighted by Gasteiger charge is 2.40. The number of fused-ring (bicyclic) bond motifs is 1. The van der Waals surface area contributed by atoms with Crippen LogP contribution in [-0.4, -0.2) is 11.8 Å². The summed E-state index contributed by atoms with van der Waals surface area (Å²) in [7, 11) is 0. The van der Waals surface area contributed by atoms with Gasteiger partial charge in [-0.3, -0.25) is 9.59 Å². The molecular weight excluding hydrogens is 347 g/mol. The third kappa shape index (κ3) is 2.31. The molecule has 2 aromatic rings. The largest absolute Gasteiger partial charge is 0.321 e. The van der Waals surface area contributed by atoms with Crippen LogP contribution in [0.3, 0.4) is 0 Å². The van der Waals surface area contributed by atoms with Crippen molar-refractivity contribution in [3.8, 4) is 0 Å². The predicted molar refractivity (Wildman–Crippen MR) is 93.0 cm³/mol. The van der Waals surface area contributed by atoms with Crippen LogP contribution in [0.25, 0.3) is 11.4 Å². The Labute approximate surface area is 147 Å². The van der Waals surface area contributed by atoms with Crippen LogP contribution in [0.15, 0.2) is 59.7 Å².